The molecule has 2 aromatic heterocycles. The Morgan fingerprint density at radius 2 is 2.07 bits per heavy atom. The number of rotatable bonds is 7. The SMILES string of the molecule is NC(=O)COc1cccc(CNc2nn3cc(-c4ccc(Cl)cc4)nc3s2)c1. The van der Waals surface area contributed by atoms with Crippen LogP contribution in [-0.4, -0.2) is 27.1 Å². The predicted octanol–water partition coefficient (Wildman–Crippen LogP) is 3.59. The Hall–Kier alpha value is -3.10. The fourth-order valence-corrected chi connectivity index (χ4v) is 3.51. The van der Waals surface area contributed by atoms with Gasteiger partial charge in [-0.15, -0.1) is 5.10 Å². The van der Waals surface area contributed by atoms with Gasteiger partial charge in [0.1, 0.15) is 5.75 Å². The number of imidazole rings is 1. The van der Waals surface area contributed by atoms with Crippen molar-refractivity contribution in [2.45, 2.75) is 6.54 Å². The molecule has 0 saturated carbocycles. The summed E-state index contributed by atoms with van der Waals surface area (Å²) in [6.45, 7) is 0.422. The van der Waals surface area contributed by atoms with E-state index >= 15 is 0 Å². The Balaban J connectivity index is 1.43. The highest BCUT2D eigenvalue weighted by Gasteiger charge is 2.10. The largest absolute Gasteiger partial charge is 0.484 e. The van der Waals surface area contributed by atoms with Gasteiger partial charge in [0.2, 0.25) is 10.1 Å². The van der Waals surface area contributed by atoms with Gasteiger partial charge in [-0.1, -0.05) is 47.2 Å². The minimum Gasteiger partial charge on any atom is -0.484 e. The zero-order valence-electron chi connectivity index (χ0n) is 14.6. The molecule has 0 aliphatic carbocycles. The van der Waals surface area contributed by atoms with E-state index in [4.69, 9.17) is 22.1 Å². The van der Waals surface area contributed by atoms with Crippen molar-refractivity contribution in [2.24, 2.45) is 5.73 Å². The van der Waals surface area contributed by atoms with Crippen LogP contribution in [0.15, 0.2) is 54.7 Å². The Morgan fingerprint density at radius 1 is 1.25 bits per heavy atom. The van der Waals surface area contributed by atoms with Crippen molar-refractivity contribution < 1.29 is 9.53 Å². The number of nitrogens with one attached hydrogen (secondary N) is 1. The first-order valence-corrected chi connectivity index (χ1v) is 9.62. The van der Waals surface area contributed by atoms with Gasteiger partial charge in [0.05, 0.1) is 11.9 Å². The van der Waals surface area contributed by atoms with Crippen molar-refractivity contribution in [3.05, 3.63) is 65.3 Å². The van der Waals surface area contributed by atoms with E-state index in [1.165, 1.54) is 11.3 Å². The lowest BCUT2D eigenvalue weighted by Crippen LogP contribution is -2.20. The number of hydrogen-bond donors (Lipinski definition) is 2. The summed E-state index contributed by atoms with van der Waals surface area (Å²) in [6, 6.07) is 15.0. The molecule has 0 atom stereocenters. The van der Waals surface area contributed by atoms with Crippen LogP contribution in [0, 0.1) is 0 Å². The quantitative estimate of drug-likeness (QED) is 0.482. The van der Waals surface area contributed by atoms with Gasteiger partial charge < -0.3 is 15.8 Å². The third-order valence-electron chi connectivity index (χ3n) is 3.91. The molecule has 0 aliphatic rings. The number of fused-ring (bicyclic) bond motifs is 1. The second-order valence-corrected chi connectivity index (χ2v) is 7.42. The first kappa shape index (κ1) is 18.3. The first-order chi connectivity index (χ1) is 13.6. The summed E-state index contributed by atoms with van der Waals surface area (Å²) in [6.07, 6.45) is 1.89. The van der Waals surface area contributed by atoms with Crippen molar-refractivity contribution in [3.63, 3.8) is 0 Å². The van der Waals surface area contributed by atoms with E-state index in [0.717, 1.165) is 26.9 Å². The second-order valence-electron chi connectivity index (χ2n) is 6.02. The third kappa shape index (κ3) is 4.24. The smallest absolute Gasteiger partial charge is 0.255 e. The van der Waals surface area contributed by atoms with Crippen LogP contribution in [-0.2, 0) is 11.3 Å². The zero-order valence-corrected chi connectivity index (χ0v) is 16.2. The van der Waals surface area contributed by atoms with Crippen LogP contribution in [0.5, 0.6) is 5.75 Å². The molecule has 0 spiro atoms. The molecule has 9 heteroatoms. The van der Waals surface area contributed by atoms with Gasteiger partial charge in [0, 0.05) is 17.1 Å². The summed E-state index contributed by atoms with van der Waals surface area (Å²) in [5.41, 5.74) is 7.93. The van der Waals surface area contributed by atoms with Gasteiger partial charge in [0.15, 0.2) is 6.61 Å². The van der Waals surface area contributed by atoms with E-state index in [-0.39, 0.29) is 6.61 Å². The lowest BCUT2D eigenvalue weighted by Gasteiger charge is -2.07. The summed E-state index contributed by atoms with van der Waals surface area (Å²) in [5, 5.41) is 9.24. The number of carbonyl (C=O) groups is 1. The maximum Gasteiger partial charge on any atom is 0.255 e. The van der Waals surface area contributed by atoms with Crippen LogP contribution in [0.1, 0.15) is 5.56 Å². The monoisotopic (exact) mass is 413 g/mol. The molecule has 4 aromatic rings. The van der Waals surface area contributed by atoms with Crippen molar-refractivity contribution in [1.29, 1.82) is 0 Å². The van der Waals surface area contributed by atoms with Gasteiger partial charge in [-0.2, -0.15) is 0 Å². The van der Waals surface area contributed by atoms with E-state index in [1.807, 2.05) is 48.7 Å². The second kappa shape index (κ2) is 7.87. The van der Waals surface area contributed by atoms with Crippen LogP contribution >= 0.6 is 22.9 Å². The van der Waals surface area contributed by atoms with Gasteiger partial charge in [-0.25, -0.2) is 9.50 Å². The lowest BCUT2D eigenvalue weighted by atomic mass is 10.2. The number of aromatic nitrogens is 3. The maximum absolute atomic E-state index is 10.8. The fourth-order valence-electron chi connectivity index (χ4n) is 2.61. The molecule has 28 heavy (non-hydrogen) atoms. The average molecular weight is 414 g/mol. The third-order valence-corrected chi connectivity index (χ3v) is 5.04. The molecule has 0 aliphatic heterocycles. The molecule has 2 aromatic carbocycles. The molecule has 0 fully saturated rings. The Bertz CT molecular complexity index is 1090. The van der Waals surface area contributed by atoms with Gasteiger partial charge >= 0.3 is 0 Å². The minimum atomic E-state index is -0.507. The normalized spacial score (nSPS) is 10.9. The van der Waals surface area contributed by atoms with Crippen LogP contribution in [0.2, 0.25) is 5.02 Å². The predicted molar refractivity (Wildman–Crippen MR) is 110 cm³/mol. The minimum absolute atomic E-state index is 0.142. The maximum atomic E-state index is 10.8. The van der Waals surface area contributed by atoms with Crippen molar-refractivity contribution in [2.75, 3.05) is 11.9 Å². The van der Waals surface area contributed by atoms with E-state index in [9.17, 15) is 4.79 Å². The van der Waals surface area contributed by atoms with Gasteiger partial charge in [-0.05, 0) is 29.8 Å². The summed E-state index contributed by atoms with van der Waals surface area (Å²) >= 11 is 7.40. The first-order valence-electron chi connectivity index (χ1n) is 8.43. The summed E-state index contributed by atoms with van der Waals surface area (Å²) < 4.78 is 7.07. The van der Waals surface area contributed by atoms with Crippen molar-refractivity contribution in [1.82, 2.24) is 14.6 Å². The highest BCUT2D eigenvalue weighted by molar-refractivity contribution is 7.20. The van der Waals surface area contributed by atoms with E-state index in [2.05, 4.69) is 15.4 Å². The van der Waals surface area contributed by atoms with Crippen LogP contribution < -0.4 is 15.8 Å². The molecule has 0 bridgehead atoms. The molecule has 4 rings (SSSR count). The van der Waals surface area contributed by atoms with Crippen molar-refractivity contribution >= 4 is 38.9 Å². The molecule has 2 heterocycles. The van der Waals surface area contributed by atoms with E-state index in [1.54, 1.807) is 10.6 Å². The van der Waals surface area contributed by atoms with Crippen LogP contribution in [0.3, 0.4) is 0 Å². The number of benzene rings is 2. The number of halogens is 1. The number of amides is 1. The highest BCUT2D eigenvalue weighted by atomic mass is 35.5. The molecular formula is C19H16ClN5O2S. The summed E-state index contributed by atoms with van der Waals surface area (Å²) in [7, 11) is 0. The number of carbonyl (C=O) groups excluding carboxylic acids is 1. The number of primary amides is 1. The Labute approximate surface area is 169 Å². The molecule has 0 radical (unpaired) electrons. The number of nitrogens with zero attached hydrogens (tertiary/aromatic N) is 3. The average Bonchev–Trinajstić information content (AvgIpc) is 3.24. The highest BCUT2D eigenvalue weighted by Crippen LogP contribution is 2.26. The molecule has 1 amide bonds. The van der Waals surface area contributed by atoms with Gasteiger partial charge in [0.25, 0.3) is 5.91 Å². The Morgan fingerprint density at radius 3 is 2.82 bits per heavy atom. The number of ether oxygens (including phenoxy) is 1. The van der Waals surface area contributed by atoms with E-state index in [0.29, 0.717) is 17.3 Å². The molecule has 0 unspecified atom stereocenters. The molecule has 0 saturated heterocycles. The summed E-state index contributed by atoms with van der Waals surface area (Å²) in [5.74, 6) is 0.0901. The van der Waals surface area contributed by atoms with E-state index < -0.39 is 5.91 Å². The van der Waals surface area contributed by atoms with Crippen molar-refractivity contribution in [3.8, 4) is 17.0 Å². The fraction of sp³-hybridized carbons (Fsp3) is 0.105. The Kier molecular flexibility index (Phi) is 5.14. The lowest BCUT2D eigenvalue weighted by molar-refractivity contribution is -0.119. The number of hydrogen-bond acceptors (Lipinski definition) is 6. The van der Waals surface area contributed by atoms with Gasteiger partial charge in [-0.3, -0.25) is 4.79 Å². The molecule has 142 valence electrons. The molecule has 7 nitrogen and oxygen atoms in total. The molecule has 3 N–H and O–H groups in total. The topological polar surface area (TPSA) is 94.5 Å². The zero-order chi connectivity index (χ0) is 19.5. The number of nitrogens with two attached hydrogens (primary N) is 1. The summed E-state index contributed by atoms with van der Waals surface area (Å²) in [4.78, 5) is 16.2. The standard InChI is InChI=1S/C19H16ClN5O2S/c20-14-6-4-13(5-7-14)16-10-25-19(23-16)28-18(24-25)22-9-12-2-1-3-15(8-12)27-11-17(21)26/h1-8,10H,9,11H2,(H2,21,26)(H,22,24). The number of anilines is 1. The van der Waals surface area contributed by atoms with Crippen LogP contribution in [0.25, 0.3) is 16.2 Å². The van der Waals surface area contributed by atoms with Crippen LogP contribution in [0.4, 0.5) is 5.13 Å². The molecular weight excluding hydrogens is 398 g/mol.